The van der Waals surface area contributed by atoms with Gasteiger partial charge in [-0.05, 0) is 34.1 Å². The summed E-state index contributed by atoms with van der Waals surface area (Å²) in [6.07, 6.45) is 2.40. The number of carbonyl (C=O) groups is 1. The average Bonchev–Trinajstić information content (AvgIpc) is 2.42. The van der Waals surface area contributed by atoms with Gasteiger partial charge < -0.3 is 30.5 Å². The first-order chi connectivity index (χ1) is 10.3. The Bertz CT molecular complexity index is 430. The quantitative estimate of drug-likeness (QED) is 0.438. The molecule has 0 aromatic heterocycles. The first kappa shape index (κ1) is 20.3. The molecule has 1 heterocycles. The molecule has 5 N–H and O–H groups in total. The zero-order valence-electron chi connectivity index (χ0n) is 14.7. The molecule has 1 aliphatic rings. The van der Waals surface area contributed by atoms with Gasteiger partial charge in [0, 0.05) is 6.54 Å². The molecule has 7 heteroatoms. The summed E-state index contributed by atoms with van der Waals surface area (Å²) in [5, 5.41) is 44.6. The second-order valence-electron chi connectivity index (χ2n) is 7.12. The van der Waals surface area contributed by atoms with Crippen molar-refractivity contribution in [2.75, 3.05) is 6.54 Å². The van der Waals surface area contributed by atoms with E-state index in [0.29, 0.717) is 6.54 Å². The summed E-state index contributed by atoms with van der Waals surface area (Å²) in [7, 11) is 0. The molecule has 1 amide bonds. The summed E-state index contributed by atoms with van der Waals surface area (Å²) in [5.74, 6) is -2.84. The van der Waals surface area contributed by atoms with E-state index >= 15 is 0 Å². The number of carbonyl (C=O) groups excluding carboxylic acids is 1. The summed E-state index contributed by atoms with van der Waals surface area (Å²) >= 11 is 0. The molecule has 1 aliphatic heterocycles. The van der Waals surface area contributed by atoms with Crippen molar-refractivity contribution in [1.29, 1.82) is 0 Å². The molecule has 0 aromatic rings. The molecule has 0 bridgehead atoms. The van der Waals surface area contributed by atoms with E-state index in [2.05, 4.69) is 12.2 Å². The Morgan fingerprint density at radius 2 is 1.57 bits per heavy atom. The van der Waals surface area contributed by atoms with Gasteiger partial charge >= 0.3 is 0 Å². The van der Waals surface area contributed by atoms with E-state index in [0.717, 1.165) is 39.5 Å². The molecule has 23 heavy (non-hydrogen) atoms. The van der Waals surface area contributed by atoms with Crippen molar-refractivity contribution in [3.8, 4) is 0 Å². The Balaban J connectivity index is 2.88. The maximum Gasteiger partial charge on any atom is 0.252 e. The van der Waals surface area contributed by atoms with Gasteiger partial charge in [-0.25, -0.2) is 0 Å². The minimum absolute atomic E-state index is 0.412. The maximum absolute atomic E-state index is 12.3. The summed E-state index contributed by atoms with van der Waals surface area (Å²) in [6.45, 7) is 7.18. The van der Waals surface area contributed by atoms with Crippen molar-refractivity contribution in [3.63, 3.8) is 0 Å². The molecule has 1 fully saturated rings. The van der Waals surface area contributed by atoms with Crippen LogP contribution in [0.3, 0.4) is 0 Å². The normalized spacial score (nSPS) is 44.1. The van der Waals surface area contributed by atoms with Crippen LogP contribution in [0, 0.1) is 0 Å². The molecular weight excluding hydrogens is 302 g/mol. The Morgan fingerprint density at radius 1 is 1.00 bits per heavy atom. The minimum atomic E-state index is -2.21. The standard InChI is InChI=1S/C16H31NO6/c1-6-7-8-9-10-17-12(18)11-13(2,19)14(3,20)15(4,21)16(5,22)23-11/h11,19-22H,6-10H2,1-5H3,(H,17,18)/t11?,13-,14?,15?,16-/m1/s1. The summed E-state index contributed by atoms with van der Waals surface area (Å²) in [5.41, 5.74) is -6.44. The van der Waals surface area contributed by atoms with Crippen LogP contribution < -0.4 is 5.32 Å². The zero-order valence-corrected chi connectivity index (χ0v) is 14.7. The fourth-order valence-electron chi connectivity index (χ4n) is 2.82. The van der Waals surface area contributed by atoms with Crippen LogP contribution >= 0.6 is 0 Å². The molecular formula is C16H31NO6. The lowest BCUT2D eigenvalue weighted by Gasteiger charge is -2.59. The highest BCUT2D eigenvalue weighted by molar-refractivity contribution is 5.82. The van der Waals surface area contributed by atoms with Crippen LogP contribution in [0.1, 0.15) is 60.3 Å². The van der Waals surface area contributed by atoms with E-state index in [1.807, 2.05) is 0 Å². The molecule has 5 atom stereocenters. The molecule has 1 rings (SSSR count). The summed E-state index contributed by atoms with van der Waals surface area (Å²) in [4.78, 5) is 12.3. The molecule has 3 unspecified atom stereocenters. The third-order valence-corrected chi connectivity index (χ3v) is 5.26. The van der Waals surface area contributed by atoms with Gasteiger partial charge in [0.25, 0.3) is 5.91 Å². The third kappa shape index (κ3) is 3.39. The Morgan fingerprint density at radius 3 is 2.09 bits per heavy atom. The van der Waals surface area contributed by atoms with E-state index in [4.69, 9.17) is 4.74 Å². The van der Waals surface area contributed by atoms with Gasteiger partial charge in [-0.15, -0.1) is 0 Å². The summed E-state index contributed by atoms with van der Waals surface area (Å²) in [6, 6.07) is 0. The van der Waals surface area contributed by atoms with Crippen molar-refractivity contribution in [2.24, 2.45) is 0 Å². The van der Waals surface area contributed by atoms with Crippen LogP contribution in [0.5, 0.6) is 0 Å². The van der Waals surface area contributed by atoms with Gasteiger partial charge in [0.05, 0.1) is 0 Å². The van der Waals surface area contributed by atoms with Crippen molar-refractivity contribution in [1.82, 2.24) is 5.32 Å². The second-order valence-corrected chi connectivity index (χ2v) is 7.12. The molecule has 0 aliphatic carbocycles. The molecule has 136 valence electrons. The van der Waals surface area contributed by atoms with Crippen LogP contribution in [-0.4, -0.2) is 61.6 Å². The predicted molar refractivity (Wildman–Crippen MR) is 84.5 cm³/mol. The number of ether oxygens (including phenoxy) is 1. The van der Waals surface area contributed by atoms with Crippen molar-refractivity contribution in [3.05, 3.63) is 0 Å². The van der Waals surface area contributed by atoms with Crippen LogP contribution in [0.25, 0.3) is 0 Å². The van der Waals surface area contributed by atoms with Crippen molar-refractivity contribution in [2.45, 2.75) is 89.0 Å². The Kier molecular flexibility index (Phi) is 5.87. The maximum atomic E-state index is 12.3. The van der Waals surface area contributed by atoms with Gasteiger partial charge in [-0.3, -0.25) is 4.79 Å². The highest BCUT2D eigenvalue weighted by Crippen LogP contribution is 2.47. The van der Waals surface area contributed by atoms with Gasteiger partial charge in [-0.2, -0.15) is 0 Å². The molecule has 0 spiro atoms. The third-order valence-electron chi connectivity index (χ3n) is 5.26. The number of hydrogen-bond acceptors (Lipinski definition) is 6. The molecule has 0 saturated carbocycles. The minimum Gasteiger partial charge on any atom is -0.384 e. The highest BCUT2D eigenvalue weighted by Gasteiger charge is 2.71. The summed E-state index contributed by atoms with van der Waals surface area (Å²) < 4.78 is 5.26. The van der Waals surface area contributed by atoms with Gasteiger partial charge in [0.1, 0.15) is 16.8 Å². The number of aliphatic hydroxyl groups is 4. The van der Waals surface area contributed by atoms with E-state index in [9.17, 15) is 25.2 Å². The van der Waals surface area contributed by atoms with Crippen LogP contribution in [0.2, 0.25) is 0 Å². The van der Waals surface area contributed by atoms with E-state index < -0.39 is 34.6 Å². The predicted octanol–water partition coefficient (Wildman–Crippen LogP) is 0.0432. The van der Waals surface area contributed by atoms with Crippen LogP contribution in [0.15, 0.2) is 0 Å². The second kappa shape index (κ2) is 6.64. The number of amides is 1. The number of hydrogen-bond donors (Lipinski definition) is 5. The van der Waals surface area contributed by atoms with Gasteiger partial charge in [-0.1, -0.05) is 26.2 Å². The molecule has 0 aromatic carbocycles. The first-order valence-corrected chi connectivity index (χ1v) is 8.18. The largest absolute Gasteiger partial charge is 0.384 e. The Labute approximate surface area is 137 Å². The van der Waals surface area contributed by atoms with Gasteiger partial charge in [0.2, 0.25) is 0 Å². The lowest BCUT2D eigenvalue weighted by Crippen LogP contribution is -2.82. The SMILES string of the molecule is CCCCCCNC(=O)C1O[C@@](C)(O)C(C)(O)C(C)(O)[C@]1(C)O. The Hall–Kier alpha value is -0.730. The lowest BCUT2D eigenvalue weighted by atomic mass is 9.65. The molecule has 1 saturated heterocycles. The fourth-order valence-corrected chi connectivity index (χ4v) is 2.82. The smallest absolute Gasteiger partial charge is 0.252 e. The lowest BCUT2D eigenvalue weighted by molar-refractivity contribution is -0.414. The van der Waals surface area contributed by atoms with Crippen molar-refractivity contribution < 1.29 is 30.0 Å². The van der Waals surface area contributed by atoms with Crippen LogP contribution in [0.4, 0.5) is 0 Å². The number of unbranched alkanes of at least 4 members (excludes halogenated alkanes) is 3. The highest BCUT2D eigenvalue weighted by atomic mass is 16.7. The monoisotopic (exact) mass is 333 g/mol. The van der Waals surface area contributed by atoms with Crippen molar-refractivity contribution >= 4 is 5.91 Å². The van der Waals surface area contributed by atoms with E-state index in [1.165, 1.54) is 13.8 Å². The number of nitrogens with one attached hydrogen (secondary N) is 1. The first-order valence-electron chi connectivity index (χ1n) is 8.18. The average molecular weight is 333 g/mol. The fraction of sp³-hybridized carbons (Fsp3) is 0.938. The van der Waals surface area contributed by atoms with E-state index in [1.54, 1.807) is 0 Å². The molecule has 0 radical (unpaired) electrons. The zero-order chi connectivity index (χ0) is 18.1. The van der Waals surface area contributed by atoms with Gasteiger partial charge in [0.15, 0.2) is 11.9 Å². The molecule has 7 nitrogen and oxygen atoms in total. The number of rotatable bonds is 6. The van der Waals surface area contributed by atoms with E-state index in [-0.39, 0.29) is 0 Å². The van der Waals surface area contributed by atoms with Crippen LogP contribution in [-0.2, 0) is 9.53 Å². The topological polar surface area (TPSA) is 119 Å².